The summed E-state index contributed by atoms with van der Waals surface area (Å²) in [5, 5.41) is 0. The molecule has 0 saturated heterocycles. The van der Waals surface area contributed by atoms with Crippen molar-refractivity contribution in [2.24, 2.45) is 11.8 Å². The Labute approximate surface area is 122 Å². The molecule has 1 aliphatic carbocycles. The standard InChI is InChI=1S/C17H27NO2/c1-4-9-19-17-11-15(7-8-16(17)18)20-14-6-5-12(2)13(3)10-14/h7-8,11-14H,4-6,9-10,18H2,1-3H3. The van der Waals surface area contributed by atoms with Crippen LogP contribution in [-0.2, 0) is 0 Å². The Bertz CT molecular complexity index is 433. The van der Waals surface area contributed by atoms with Gasteiger partial charge < -0.3 is 15.2 Å². The van der Waals surface area contributed by atoms with Crippen molar-refractivity contribution in [3.05, 3.63) is 18.2 Å². The Kier molecular flexibility index (Phi) is 5.16. The molecule has 0 aliphatic heterocycles. The third kappa shape index (κ3) is 3.81. The summed E-state index contributed by atoms with van der Waals surface area (Å²) in [7, 11) is 0. The normalized spacial score (nSPS) is 26.2. The number of rotatable bonds is 5. The Balaban J connectivity index is 1.99. The van der Waals surface area contributed by atoms with E-state index in [-0.39, 0.29) is 0 Å². The molecule has 112 valence electrons. The zero-order valence-corrected chi connectivity index (χ0v) is 12.9. The van der Waals surface area contributed by atoms with Crippen LogP contribution in [0, 0.1) is 11.8 Å². The molecule has 3 atom stereocenters. The molecule has 0 spiro atoms. The van der Waals surface area contributed by atoms with Crippen LogP contribution in [0.5, 0.6) is 11.5 Å². The highest BCUT2D eigenvalue weighted by Crippen LogP contribution is 2.33. The first-order valence-electron chi connectivity index (χ1n) is 7.79. The Morgan fingerprint density at radius 2 is 2.00 bits per heavy atom. The third-order valence-electron chi connectivity index (χ3n) is 4.30. The number of hydrogen-bond donors (Lipinski definition) is 1. The molecule has 0 bridgehead atoms. The third-order valence-corrected chi connectivity index (χ3v) is 4.30. The molecule has 1 aromatic rings. The predicted octanol–water partition coefficient (Wildman–Crippen LogP) is 4.26. The van der Waals surface area contributed by atoms with Crippen LogP contribution in [0.15, 0.2) is 18.2 Å². The van der Waals surface area contributed by atoms with E-state index < -0.39 is 0 Å². The van der Waals surface area contributed by atoms with Crippen molar-refractivity contribution in [1.29, 1.82) is 0 Å². The number of anilines is 1. The van der Waals surface area contributed by atoms with Crippen LogP contribution >= 0.6 is 0 Å². The van der Waals surface area contributed by atoms with Crippen molar-refractivity contribution < 1.29 is 9.47 Å². The largest absolute Gasteiger partial charge is 0.491 e. The molecule has 3 unspecified atom stereocenters. The van der Waals surface area contributed by atoms with Crippen molar-refractivity contribution in [3.63, 3.8) is 0 Å². The van der Waals surface area contributed by atoms with Crippen LogP contribution in [0.4, 0.5) is 5.69 Å². The molecule has 3 nitrogen and oxygen atoms in total. The Hall–Kier alpha value is -1.38. The summed E-state index contributed by atoms with van der Waals surface area (Å²) in [5.41, 5.74) is 6.60. The fourth-order valence-electron chi connectivity index (χ4n) is 2.72. The maximum absolute atomic E-state index is 6.11. The number of nitrogens with two attached hydrogens (primary N) is 1. The quantitative estimate of drug-likeness (QED) is 0.818. The van der Waals surface area contributed by atoms with Crippen molar-refractivity contribution in [2.75, 3.05) is 12.3 Å². The first-order chi connectivity index (χ1) is 9.60. The van der Waals surface area contributed by atoms with Crippen LogP contribution in [0.25, 0.3) is 0 Å². The molecule has 0 amide bonds. The van der Waals surface area contributed by atoms with Crippen LogP contribution in [0.3, 0.4) is 0 Å². The van der Waals surface area contributed by atoms with E-state index >= 15 is 0 Å². The first kappa shape index (κ1) is 15.0. The van der Waals surface area contributed by atoms with E-state index in [0.717, 1.165) is 42.6 Å². The molecule has 0 aromatic heterocycles. The van der Waals surface area contributed by atoms with Crippen molar-refractivity contribution in [3.8, 4) is 11.5 Å². The van der Waals surface area contributed by atoms with Gasteiger partial charge in [0.1, 0.15) is 11.5 Å². The maximum atomic E-state index is 6.11. The van der Waals surface area contributed by atoms with Gasteiger partial charge in [-0.25, -0.2) is 0 Å². The second kappa shape index (κ2) is 6.87. The molecule has 3 heteroatoms. The maximum Gasteiger partial charge on any atom is 0.145 e. The van der Waals surface area contributed by atoms with Gasteiger partial charge in [0.15, 0.2) is 0 Å². The van der Waals surface area contributed by atoms with Gasteiger partial charge in [-0.15, -0.1) is 0 Å². The van der Waals surface area contributed by atoms with Crippen LogP contribution < -0.4 is 15.2 Å². The van der Waals surface area contributed by atoms with Gasteiger partial charge in [-0.1, -0.05) is 20.8 Å². The zero-order chi connectivity index (χ0) is 14.5. The average molecular weight is 277 g/mol. The lowest BCUT2D eigenvalue weighted by Crippen LogP contribution is -2.28. The SMILES string of the molecule is CCCOc1cc(OC2CCC(C)C(C)C2)ccc1N. The zero-order valence-electron chi connectivity index (χ0n) is 12.9. The Morgan fingerprint density at radius 3 is 2.70 bits per heavy atom. The minimum atomic E-state index is 0.323. The molecule has 2 rings (SSSR count). The molecule has 1 aromatic carbocycles. The van der Waals surface area contributed by atoms with Gasteiger partial charge in [0.2, 0.25) is 0 Å². The molecule has 1 aliphatic rings. The molecule has 20 heavy (non-hydrogen) atoms. The highest BCUT2D eigenvalue weighted by Gasteiger charge is 2.25. The van der Waals surface area contributed by atoms with Gasteiger partial charge in [-0.05, 0) is 49.7 Å². The summed E-state index contributed by atoms with van der Waals surface area (Å²) in [5.74, 6) is 3.15. The second-order valence-electron chi connectivity index (χ2n) is 6.06. The van der Waals surface area contributed by atoms with Crippen molar-refractivity contribution in [1.82, 2.24) is 0 Å². The van der Waals surface area contributed by atoms with Crippen molar-refractivity contribution >= 4 is 5.69 Å². The lowest BCUT2D eigenvalue weighted by molar-refractivity contribution is 0.100. The smallest absolute Gasteiger partial charge is 0.145 e. The molecular weight excluding hydrogens is 250 g/mol. The highest BCUT2D eigenvalue weighted by molar-refractivity contribution is 5.55. The van der Waals surface area contributed by atoms with Crippen LogP contribution in [-0.4, -0.2) is 12.7 Å². The fourth-order valence-corrected chi connectivity index (χ4v) is 2.72. The van der Waals surface area contributed by atoms with E-state index in [1.165, 1.54) is 6.42 Å². The minimum Gasteiger partial charge on any atom is -0.491 e. The molecule has 0 heterocycles. The van der Waals surface area contributed by atoms with E-state index in [1.54, 1.807) is 0 Å². The first-order valence-corrected chi connectivity index (χ1v) is 7.79. The predicted molar refractivity (Wildman–Crippen MR) is 83.2 cm³/mol. The molecule has 2 N–H and O–H groups in total. The minimum absolute atomic E-state index is 0.323. The Morgan fingerprint density at radius 1 is 1.20 bits per heavy atom. The summed E-state index contributed by atoms with van der Waals surface area (Å²) in [6, 6.07) is 5.74. The van der Waals surface area contributed by atoms with Gasteiger partial charge in [-0.2, -0.15) is 0 Å². The van der Waals surface area contributed by atoms with Gasteiger partial charge in [0.05, 0.1) is 18.4 Å². The number of hydrogen-bond acceptors (Lipinski definition) is 3. The fraction of sp³-hybridized carbons (Fsp3) is 0.647. The highest BCUT2D eigenvalue weighted by atomic mass is 16.5. The van der Waals surface area contributed by atoms with Gasteiger partial charge >= 0.3 is 0 Å². The van der Waals surface area contributed by atoms with Gasteiger partial charge in [0.25, 0.3) is 0 Å². The average Bonchev–Trinajstić information content (AvgIpc) is 2.43. The summed E-state index contributed by atoms with van der Waals surface area (Å²) in [6.45, 7) is 7.42. The van der Waals surface area contributed by atoms with Gasteiger partial charge in [-0.3, -0.25) is 0 Å². The van der Waals surface area contributed by atoms with Gasteiger partial charge in [0, 0.05) is 6.07 Å². The molecule has 1 saturated carbocycles. The summed E-state index contributed by atoms with van der Waals surface area (Å²) < 4.78 is 11.8. The molecule has 0 radical (unpaired) electrons. The summed E-state index contributed by atoms with van der Waals surface area (Å²) >= 11 is 0. The summed E-state index contributed by atoms with van der Waals surface area (Å²) in [4.78, 5) is 0. The lowest BCUT2D eigenvalue weighted by Gasteiger charge is -2.32. The monoisotopic (exact) mass is 277 g/mol. The topological polar surface area (TPSA) is 44.5 Å². The van der Waals surface area contributed by atoms with E-state index in [4.69, 9.17) is 15.2 Å². The molecular formula is C17H27NO2. The number of benzene rings is 1. The van der Waals surface area contributed by atoms with Crippen molar-refractivity contribution in [2.45, 2.75) is 52.6 Å². The lowest BCUT2D eigenvalue weighted by atomic mass is 9.80. The number of nitrogen functional groups attached to an aromatic ring is 1. The van der Waals surface area contributed by atoms with Crippen LogP contribution in [0.1, 0.15) is 46.5 Å². The van der Waals surface area contributed by atoms with E-state index in [2.05, 4.69) is 20.8 Å². The summed E-state index contributed by atoms with van der Waals surface area (Å²) in [6.07, 6.45) is 4.82. The number of ether oxygens (including phenoxy) is 2. The van der Waals surface area contributed by atoms with E-state index in [0.29, 0.717) is 18.4 Å². The second-order valence-corrected chi connectivity index (χ2v) is 6.06. The van der Waals surface area contributed by atoms with E-state index in [1.807, 2.05) is 18.2 Å². The van der Waals surface area contributed by atoms with Crippen LogP contribution in [0.2, 0.25) is 0 Å². The van der Waals surface area contributed by atoms with E-state index in [9.17, 15) is 0 Å². The molecule has 1 fully saturated rings.